The summed E-state index contributed by atoms with van der Waals surface area (Å²) in [5.74, 6) is -32.1. The lowest BCUT2D eigenvalue weighted by Gasteiger charge is -2.20. The van der Waals surface area contributed by atoms with E-state index in [4.69, 9.17) is 0 Å². The molecule has 0 aliphatic carbocycles. The molecule has 0 spiro atoms. The van der Waals surface area contributed by atoms with Crippen LogP contribution >= 0.6 is 0 Å². The van der Waals surface area contributed by atoms with Crippen LogP contribution in [0.2, 0.25) is 0 Å². The first kappa shape index (κ1) is 46.3. The summed E-state index contributed by atoms with van der Waals surface area (Å²) < 4.78 is 204. The van der Waals surface area contributed by atoms with Crippen LogP contribution in [0.1, 0.15) is 16.7 Å². The topological polar surface area (TPSA) is 53.1 Å². The summed E-state index contributed by atoms with van der Waals surface area (Å²) >= 11 is 0. The van der Waals surface area contributed by atoms with Crippen LogP contribution in [-0.4, -0.2) is 44.2 Å². The molecule has 0 saturated carbocycles. The molecule has 0 radical (unpaired) electrons. The Hall–Kier alpha value is -2.68. The van der Waals surface area contributed by atoms with Gasteiger partial charge in [0.15, 0.2) is 69.8 Å². The van der Waals surface area contributed by atoms with Gasteiger partial charge in [-0.1, -0.05) is 0 Å². The van der Waals surface area contributed by atoms with Crippen molar-refractivity contribution in [2.75, 3.05) is 39.3 Å². The van der Waals surface area contributed by atoms with Gasteiger partial charge in [-0.25, -0.2) is 65.9 Å². The van der Waals surface area contributed by atoms with Crippen LogP contribution in [0.3, 0.4) is 0 Å². The standard InChI is InChI=1S/C27H21F15N4.3ClH/c28-13-10(14(29)20(35)25(40)19(13)34)7-43-1-4-46(5-2-44-8-11-15(30)21(36)26(41)22(37)16(11)31)6-3-45-9-12-17(32)23(38)27(42)24(39)18(12)33;;;/h43-45H,1-9H2;3*1H. The third-order valence-electron chi connectivity index (χ3n) is 6.90. The zero-order chi connectivity index (χ0) is 34.5. The van der Waals surface area contributed by atoms with E-state index in [1.807, 2.05) is 0 Å². The van der Waals surface area contributed by atoms with Crippen molar-refractivity contribution < 1.29 is 119 Å². The lowest BCUT2D eigenvalue weighted by molar-refractivity contribution is -0.679. The van der Waals surface area contributed by atoms with Crippen molar-refractivity contribution in [2.45, 2.75) is 19.6 Å². The number of nitrogens with zero attached hydrogens (tertiary/aromatic N) is 1. The van der Waals surface area contributed by atoms with Crippen LogP contribution in [0.4, 0.5) is 65.9 Å². The Bertz CT molecular complexity index is 1330. The van der Waals surface area contributed by atoms with E-state index in [1.54, 1.807) is 0 Å². The van der Waals surface area contributed by atoms with E-state index in [0.717, 1.165) is 0 Å². The molecule has 0 heterocycles. The van der Waals surface area contributed by atoms with E-state index in [9.17, 15) is 65.9 Å². The molecule has 4 nitrogen and oxygen atoms in total. The van der Waals surface area contributed by atoms with Gasteiger partial charge in [0.1, 0.15) is 19.6 Å². The molecule has 0 fully saturated rings. The fourth-order valence-electron chi connectivity index (χ4n) is 4.38. The van der Waals surface area contributed by atoms with E-state index in [0.29, 0.717) is 0 Å². The average molecular weight is 796 g/mol. The molecule has 3 aromatic carbocycles. The molecule has 0 aliphatic rings. The molecule has 0 saturated heterocycles. The van der Waals surface area contributed by atoms with Crippen molar-refractivity contribution in [3.05, 3.63) is 104 Å². The second-order valence-electron chi connectivity index (χ2n) is 9.83. The number of halogens is 18. The fraction of sp³-hybridized carbons (Fsp3) is 0.333. The molecular formula is C27H24Cl3F15N4. The second-order valence-corrected chi connectivity index (χ2v) is 9.83. The Labute approximate surface area is 286 Å². The molecule has 6 N–H and O–H groups in total. The molecular weight excluding hydrogens is 772 g/mol. The highest BCUT2D eigenvalue weighted by atomic mass is 35.5. The molecule has 0 aliphatic heterocycles. The molecule has 0 bridgehead atoms. The van der Waals surface area contributed by atoms with Crippen LogP contribution in [0.25, 0.3) is 0 Å². The van der Waals surface area contributed by atoms with Gasteiger partial charge in [-0.05, 0) is 0 Å². The van der Waals surface area contributed by atoms with Crippen molar-refractivity contribution in [3.8, 4) is 0 Å². The zero-order valence-electron chi connectivity index (χ0n) is 24.3. The minimum Gasteiger partial charge on any atom is -1.00 e. The van der Waals surface area contributed by atoms with Gasteiger partial charge >= 0.3 is 0 Å². The van der Waals surface area contributed by atoms with E-state index in [-0.39, 0.29) is 76.5 Å². The van der Waals surface area contributed by atoms with Gasteiger partial charge in [-0.15, -0.1) is 0 Å². The number of hydrogen-bond acceptors (Lipinski definition) is 1. The predicted octanol–water partition coefficient (Wildman–Crippen LogP) is -6.32. The minimum absolute atomic E-state index is 0. The van der Waals surface area contributed by atoms with E-state index >= 15 is 0 Å². The van der Waals surface area contributed by atoms with Crippen molar-refractivity contribution >= 4 is 0 Å². The van der Waals surface area contributed by atoms with Gasteiger partial charge in [0.2, 0.25) is 17.5 Å². The highest BCUT2D eigenvalue weighted by molar-refractivity contribution is 5.25. The van der Waals surface area contributed by atoms with Crippen molar-refractivity contribution in [1.82, 2.24) is 4.90 Å². The molecule has 0 unspecified atom stereocenters. The maximum Gasteiger partial charge on any atom is 0.200 e. The van der Waals surface area contributed by atoms with Crippen molar-refractivity contribution in [1.29, 1.82) is 0 Å². The Kier molecular flexibility index (Phi) is 19.1. The third kappa shape index (κ3) is 10.4. The molecule has 278 valence electrons. The van der Waals surface area contributed by atoms with E-state index in [2.05, 4.69) is 0 Å². The largest absolute Gasteiger partial charge is 1.00 e. The SMILES string of the molecule is Fc1c(F)c(F)c(C[NH2+]CCN(CC[NH2+]Cc2c(F)c(F)c(F)c(F)c2F)CC[NH2+]Cc2c(F)c(F)c(F)c(F)c2F)c(F)c1F.[Cl-].[Cl-].[Cl-]. The van der Waals surface area contributed by atoms with Gasteiger partial charge in [0.05, 0.1) is 36.3 Å². The van der Waals surface area contributed by atoms with Crippen LogP contribution in [0, 0.1) is 87.3 Å². The first-order chi connectivity index (χ1) is 21.6. The van der Waals surface area contributed by atoms with Crippen LogP contribution in [-0.2, 0) is 19.6 Å². The lowest BCUT2D eigenvalue weighted by atomic mass is 10.1. The smallest absolute Gasteiger partial charge is 0.200 e. The molecule has 49 heavy (non-hydrogen) atoms. The Morgan fingerprint density at radius 2 is 0.449 bits per heavy atom. The number of rotatable bonds is 15. The maximum atomic E-state index is 13.9. The van der Waals surface area contributed by atoms with Gasteiger partial charge in [-0.3, -0.25) is 4.90 Å². The van der Waals surface area contributed by atoms with Gasteiger partial charge < -0.3 is 53.2 Å². The monoisotopic (exact) mass is 794 g/mol. The van der Waals surface area contributed by atoms with E-state index < -0.39 is 124 Å². The fourth-order valence-corrected chi connectivity index (χ4v) is 4.38. The average Bonchev–Trinajstić information content (AvgIpc) is 3.04. The molecule has 0 amide bonds. The summed E-state index contributed by atoms with van der Waals surface area (Å²) in [6.07, 6.45) is 0. The first-order valence-corrected chi connectivity index (χ1v) is 13.3. The second kappa shape index (κ2) is 20.2. The van der Waals surface area contributed by atoms with Gasteiger partial charge in [0.25, 0.3) is 0 Å². The highest BCUT2D eigenvalue weighted by Gasteiger charge is 2.29. The number of hydrogen-bond donors (Lipinski definition) is 3. The molecule has 3 aromatic rings. The highest BCUT2D eigenvalue weighted by Crippen LogP contribution is 2.24. The lowest BCUT2D eigenvalue weighted by Crippen LogP contribution is -3.00. The molecule has 0 aromatic heterocycles. The Morgan fingerprint density at radius 1 is 0.286 bits per heavy atom. The van der Waals surface area contributed by atoms with E-state index in [1.165, 1.54) is 20.9 Å². The van der Waals surface area contributed by atoms with Crippen LogP contribution < -0.4 is 53.2 Å². The summed E-state index contributed by atoms with van der Waals surface area (Å²) in [5.41, 5.74) is -3.30. The number of benzene rings is 3. The quantitative estimate of drug-likeness (QED) is 0.0611. The zero-order valence-corrected chi connectivity index (χ0v) is 26.6. The minimum atomic E-state index is -2.34. The Morgan fingerprint density at radius 3 is 0.633 bits per heavy atom. The van der Waals surface area contributed by atoms with Gasteiger partial charge in [0, 0.05) is 19.6 Å². The summed E-state index contributed by atoms with van der Waals surface area (Å²) in [6.45, 7) is -2.31. The predicted molar refractivity (Wildman–Crippen MR) is 127 cm³/mol. The molecule has 3 rings (SSSR count). The molecule has 22 heteroatoms. The van der Waals surface area contributed by atoms with Crippen molar-refractivity contribution in [3.63, 3.8) is 0 Å². The van der Waals surface area contributed by atoms with Crippen LogP contribution in [0.15, 0.2) is 0 Å². The normalized spacial score (nSPS) is 11.0. The Balaban J connectivity index is 0.00000768. The van der Waals surface area contributed by atoms with Crippen LogP contribution in [0.5, 0.6) is 0 Å². The first-order valence-electron chi connectivity index (χ1n) is 13.3. The summed E-state index contributed by atoms with van der Waals surface area (Å²) in [7, 11) is 0. The van der Waals surface area contributed by atoms with Gasteiger partial charge in [-0.2, -0.15) is 0 Å². The molecule has 0 atom stereocenters. The summed E-state index contributed by atoms with van der Waals surface area (Å²) in [4.78, 5) is 1.53. The maximum absolute atomic E-state index is 13.9. The number of quaternary nitrogens is 3. The number of nitrogens with two attached hydrogens (primary N) is 3. The van der Waals surface area contributed by atoms with Crippen molar-refractivity contribution in [2.24, 2.45) is 0 Å². The third-order valence-corrected chi connectivity index (χ3v) is 6.90. The summed E-state index contributed by atoms with van der Waals surface area (Å²) in [6, 6.07) is 0. The summed E-state index contributed by atoms with van der Waals surface area (Å²) in [5, 5.41) is 3.51.